The van der Waals surface area contributed by atoms with E-state index in [-0.39, 0.29) is 5.91 Å². The Bertz CT molecular complexity index is 868. The van der Waals surface area contributed by atoms with Gasteiger partial charge in [0.05, 0.1) is 17.3 Å². The highest BCUT2D eigenvalue weighted by Crippen LogP contribution is 2.22. The van der Waals surface area contributed by atoms with Crippen LogP contribution in [0.15, 0.2) is 42.7 Å². The number of carbonyl (C=O) groups excluding carboxylic acids is 1. The van der Waals surface area contributed by atoms with Gasteiger partial charge in [0.15, 0.2) is 5.82 Å². The van der Waals surface area contributed by atoms with E-state index in [4.69, 9.17) is 23.2 Å². The van der Waals surface area contributed by atoms with Gasteiger partial charge in [-0.2, -0.15) is 10.2 Å². The van der Waals surface area contributed by atoms with Crippen LogP contribution in [0.2, 0.25) is 10.0 Å². The standard InChI is InChI=1S/C17H17Cl2N5O/c1-11-14(18)10-24(21-11)12(2)17(25)20-16-15(19)9-23(22-16)8-13-6-4-3-5-7-13/h3-7,9-10,12H,8H2,1-2H3,(H,20,22,25). The van der Waals surface area contributed by atoms with E-state index in [0.717, 1.165) is 5.56 Å². The quantitative estimate of drug-likeness (QED) is 0.731. The highest BCUT2D eigenvalue weighted by molar-refractivity contribution is 6.33. The molecule has 1 amide bonds. The predicted molar refractivity (Wildman–Crippen MR) is 98.1 cm³/mol. The van der Waals surface area contributed by atoms with Gasteiger partial charge in [-0.3, -0.25) is 14.2 Å². The molecule has 3 rings (SSSR count). The highest BCUT2D eigenvalue weighted by atomic mass is 35.5. The zero-order valence-corrected chi connectivity index (χ0v) is 15.3. The number of benzene rings is 1. The van der Waals surface area contributed by atoms with Gasteiger partial charge in [0.25, 0.3) is 0 Å². The van der Waals surface area contributed by atoms with Crippen LogP contribution in [0.4, 0.5) is 5.82 Å². The second-order valence-electron chi connectivity index (χ2n) is 5.72. The van der Waals surface area contributed by atoms with Crippen molar-refractivity contribution in [2.75, 3.05) is 5.32 Å². The van der Waals surface area contributed by atoms with Crippen LogP contribution in [0, 0.1) is 6.92 Å². The largest absolute Gasteiger partial charge is 0.306 e. The number of amides is 1. The average Bonchev–Trinajstić information content (AvgIpc) is 3.10. The summed E-state index contributed by atoms with van der Waals surface area (Å²) in [7, 11) is 0. The molecule has 1 aromatic carbocycles. The third-order valence-electron chi connectivity index (χ3n) is 3.78. The molecule has 1 unspecified atom stereocenters. The molecule has 2 heterocycles. The molecule has 3 aromatic rings. The molecule has 130 valence electrons. The van der Waals surface area contributed by atoms with Crippen molar-refractivity contribution in [2.24, 2.45) is 0 Å². The smallest absolute Gasteiger partial charge is 0.250 e. The van der Waals surface area contributed by atoms with Crippen molar-refractivity contribution < 1.29 is 4.79 Å². The van der Waals surface area contributed by atoms with Gasteiger partial charge in [-0.1, -0.05) is 53.5 Å². The van der Waals surface area contributed by atoms with Gasteiger partial charge >= 0.3 is 0 Å². The maximum absolute atomic E-state index is 12.4. The molecule has 25 heavy (non-hydrogen) atoms. The third kappa shape index (κ3) is 4.03. The number of hydrogen-bond donors (Lipinski definition) is 1. The summed E-state index contributed by atoms with van der Waals surface area (Å²) in [4.78, 5) is 12.4. The van der Waals surface area contributed by atoms with Crippen molar-refractivity contribution in [1.29, 1.82) is 0 Å². The molecule has 6 nitrogen and oxygen atoms in total. The number of carbonyl (C=O) groups is 1. The van der Waals surface area contributed by atoms with E-state index in [9.17, 15) is 4.79 Å². The Kier molecular flexibility index (Phi) is 5.11. The lowest BCUT2D eigenvalue weighted by molar-refractivity contribution is -0.119. The Balaban J connectivity index is 1.71. The Labute approximate surface area is 155 Å². The van der Waals surface area contributed by atoms with Gasteiger partial charge in [-0.15, -0.1) is 0 Å². The van der Waals surface area contributed by atoms with E-state index >= 15 is 0 Å². The van der Waals surface area contributed by atoms with Crippen LogP contribution in [-0.2, 0) is 11.3 Å². The molecule has 1 N–H and O–H groups in total. The summed E-state index contributed by atoms with van der Waals surface area (Å²) >= 11 is 12.2. The number of anilines is 1. The number of halogens is 2. The zero-order valence-electron chi connectivity index (χ0n) is 13.8. The zero-order chi connectivity index (χ0) is 18.0. The van der Waals surface area contributed by atoms with Gasteiger partial charge in [0.1, 0.15) is 11.1 Å². The van der Waals surface area contributed by atoms with E-state index in [1.54, 1.807) is 30.9 Å². The number of hydrogen-bond acceptors (Lipinski definition) is 3. The maximum atomic E-state index is 12.4. The van der Waals surface area contributed by atoms with Crippen LogP contribution < -0.4 is 5.32 Å². The predicted octanol–water partition coefficient (Wildman–Crippen LogP) is 3.94. The summed E-state index contributed by atoms with van der Waals surface area (Å²) in [6, 6.07) is 9.33. The average molecular weight is 378 g/mol. The van der Waals surface area contributed by atoms with Crippen molar-refractivity contribution in [3.63, 3.8) is 0 Å². The van der Waals surface area contributed by atoms with E-state index < -0.39 is 6.04 Å². The van der Waals surface area contributed by atoms with Crippen molar-refractivity contribution in [1.82, 2.24) is 19.6 Å². The first-order valence-corrected chi connectivity index (χ1v) is 8.48. The summed E-state index contributed by atoms with van der Waals surface area (Å²) in [6.45, 7) is 4.08. The lowest BCUT2D eigenvalue weighted by Crippen LogP contribution is -2.24. The summed E-state index contributed by atoms with van der Waals surface area (Å²) < 4.78 is 3.20. The fourth-order valence-electron chi connectivity index (χ4n) is 2.33. The van der Waals surface area contributed by atoms with Gasteiger partial charge in [0, 0.05) is 12.4 Å². The van der Waals surface area contributed by atoms with Crippen molar-refractivity contribution in [3.05, 3.63) is 64.0 Å². The normalized spacial score (nSPS) is 12.2. The fourth-order valence-corrected chi connectivity index (χ4v) is 2.67. The SMILES string of the molecule is Cc1nn(C(C)C(=O)Nc2nn(Cc3ccccc3)cc2Cl)cc1Cl. The van der Waals surface area contributed by atoms with Crippen LogP contribution in [0.3, 0.4) is 0 Å². The third-order valence-corrected chi connectivity index (χ3v) is 4.43. The van der Waals surface area contributed by atoms with Crippen LogP contribution in [0.1, 0.15) is 24.2 Å². The molecular weight excluding hydrogens is 361 g/mol. The van der Waals surface area contributed by atoms with Crippen molar-refractivity contribution in [3.8, 4) is 0 Å². The number of nitrogens with zero attached hydrogens (tertiary/aromatic N) is 4. The molecular formula is C17H17Cl2N5O. The van der Waals surface area contributed by atoms with Crippen LogP contribution in [0.25, 0.3) is 0 Å². The number of aromatic nitrogens is 4. The summed E-state index contributed by atoms with van der Waals surface area (Å²) in [5, 5.41) is 12.2. The number of nitrogens with one attached hydrogen (secondary N) is 1. The van der Waals surface area contributed by atoms with Crippen LogP contribution >= 0.6 is 23.2 Å². The Morgan fingerprint density at radius 3 is 2.52 bits per heavy atom. The molecule has 0 radical (unpaired) electrons. The topological polar surface area (TPSA) is 64.7 Å². The highest BCUT2D eigenvalue weighted by Gasteiger charge is 2.19. The van der Waals surface area contributed by atoms with Gasteiger partial charge in [-0.25, -0.2) is 0 Å². The Hall–Kier alpha value is -2.31. The van der Waals surface area contributed by atoms with E-state index in [0.29, 0.717) is 28.1 Å². The van der Waals surface area contributed by atoms with Gasteiger partial charge in [0.2, 0.25) is 5.91 Å². The first-order valence-electron chi connectivity index (χ1n) is 7.73. The Morgan fingerprint density at radius 1 is 1.16 bits per heavy atom. The van der Waals surface area contributed by atoms with Crippen molar-refractivity contribution in [2.45, 2.75) is 26.4 Å². The molecule has 2 aromatic heterocycles. The molecule has 1 atom stereocenters. The lowest BCUT2D eigenvalue weighted by atomic mass is 10.2. The maximum Gasteiger partial charge on any atom is 0.250 e. The second-order valence-corrected chi connectivity index (χ2v) is 6.53. The molecule has 0 aliphatic heterocycles. The minimum Gasteiger partial charge on any atom is -0.306 e. The molecule has 0 aliphatic carbocycles. The first-order chi connectivity index (χ1) is 11.9. The number of aryl methyl sites for hydroxylation is 1. The molecule has 0 aliphatic rings. The number of rotatable bonds is 5. The second kappa shape index (κ2) is 7.29. The molecule has 0 saturated carbocycles. The van der Waals surface area contributed by atoms with Gasteiger partial charge in [-0.05, 0) is 19.4 Å². The minimum absolute atomic E-state index is 0.272. The minimum atomic E-state index is -0.540. The summed E-state index contributed by atoms with van der Waals surface area (Å²) in [5.41, 5.74) is 1.76. The molecule has 0 fully saturated rings. The molecule has 8 heteroatoms. The Morgan fingerprint density at radius 2 is 1.88 bits per heavy atom. The first kappa shape index (κ1) is 17.5. The van der Waals surface area contributed by atoms with Crippen molar-refractivity contribution >= 4 is 34.9 Å². The molecule has 0 saturated heterocycles. The van der Waals surface area contributed by atoms with E-state index in [1.807, 2.05) is 30.3 Å². The van der Waals surface area contributed by atoms with E-state index in [1.165, 1.54) is 4.68 Å². The fraction of sp³-hybridized carbons (Fsp3) is 0.235. The monoisotopic (exact) mass is 377 g/mol. The van der Waals surface area contributed by atoms with Crippen LogP contribution in [-0.4, -0.2) is 25.5 Å². The lowest BCUT2D eigenvalue weighted by Gasteiger charge is -2.11. The molecule has 0 spiro atoms. The summed E-state index contributed by atoms with van der Waals surface area (Å²) in [5.74, 6) is 0.0513. The van der Waals surface area contributed by atoms with Gasteiger partial charge < -0.3 is 5.32 Å². The summed E-state index contributed by atoms with van der Waals surface area (Å²) in [6.07, 6.45) is 3.31. The van der Waals surface area contributed by atoms with E-state index in [2.05, 4.69) is 15.5 Å². The molecule has 0 bridgehead atoms. The van der Waals surface area contributed by atoms with Crippen LogP contribution in [0.5, 0.6) is 0 Å².